The molecule has 2 unspecified atom stereocenters. The van der Waals surface area contributed by atoms with Crippen LogP contribution in [0.2, 0.25) is 0 Å². The van der Waals surface area contributed by atoms with Crippen molar-refractivity contribution >= 4 is 7.14 Å². The van der Waals surface area contributed by atoms with E-state index in [1.165, 1.54) is 12.8 Å². The van der Waals surface area contributed by atoms with Crippen molar-refractivity contribution in [2.24, 2.45) is 0 Å². The SMILES string of the molecule is CCCCCP(=O)(C(C)CC)C(C)CC. The molecule has 0 heterocycles. The van der Waals surface area contributed by atoms with Crippen LogP contribution in [0.5, 0.6) is 0 Å². The van der Waals surface area contributed by atoms with Crippen LogP contribution < -0.4 is 0 Å². The molecule has 0 aromatic heterocycles. The van der Waals surface area contributed by atoms with Crippen molar-refractivity contribution in [1.29, 1.82) is 0 Å². The van der Waals surface area contributed by atoms with Gasteiger partial charge in [0.15, 0.2) is 0 Å². The zero-order chi connectivity index (χ0) is 11.9. The van der Waals surface area contributed by atoms with E-state index in [1.54, 1.807) is 0 Å². The lowest BCUT2D eigenvalue weighted by Crippen LogP contribution is -2.15. The molecule has 0 amide bonds. The van der Waals surface area contributed by atoms with Crippen molar-refractivity contribution in [1.82, 2.24) is 0 Å². The molecule has 15 heavy (non-hydrogen) atoms. The van der Waals surface area contributed by atoms with Crippen LogP contribution in [0, 0.1) is 0 Å². The molecule has 0 aliphatic carbocycles. The van der Waals surface area contributed by atoms with Gasteiger partial charge in [-0.05, 0) is 19.3 Å². The van der Waals surface area contributed by atoms with Crippen molar-refractivity contribution in [3.63, 3.8) is 0 Å². The van der Waals surface area contributed by atoms with Gasteiger partial charge in [0.05, 0.1) is 7.14 Å². The van der Waals surface area contributed by atoms with Gasteiger partial charge in [0.1, 0.15) is 0 Å². The highest BCUT2D eigenvalue weighted by Crippen LogP contribution is 2.57. The largest absolute Gasteiger partial charge is 0.323 e. The Kier molecular flexibility index (Phi) is 7.61. The summed E-state index contributed by atoms with van der Waals surface area (Å²) in [5, 5.41) is 0. The van der Waals surface area contributed by atoms with Crippen molar-refractivity contribution < 1.29 is 4.57 Å². The van der Waals surface area contributed by atoms with Gasteiger partial charge in [0.2, 0.25) is 0 Å². The van der Waals surface area contributed by atoms with Crippen LogP contribution in [0.15, 0.2) is 0 Å². The number of rotatable bonds is 8. The van der Waals surface area contributed by atoms with E-state index in [-0.39, 0.29) is 0 Å². The van der Waals surface area contributed by atoms with Crippen LogP contribution in [0.1, 0.15) is 66.7 Å². The first-order chi connectivity index (χ1) is 7.02. The Bertz CT molecular complexity index is 187. The Balaban J connectivity index is 4.48. The van der Waals surface area contributed by atoms with E-state index in [2.05, 4.69) is 34.6 Å². The second kappa shape index (κ2) is 7.49. The minimum Gasteiger partial charge on any atom is -0.323 e. The van der Waals surface area contributed by atoms with Gasteiger partial charge in [-0.15, -0.1) is 0 Å². The Morgan fingerprint density at radius 3 is 1.73 bits per heavy atom. The lowest BCUT2D eigenvalue weighted by atomic mass is 10.3. The summed E-state index contributed by atoms with van der Waals surface area (Å²) < 4.78 is 13.0. The molecular formula is C13H29OP. The fourth-order valence-corrected chi connectivity index (χ4v) is 5.81. The molecule has 92 valence electrons. The summed E-state index contributed by atoms with van der Waals surface area (Å²) >= 11 is 0. The molecule has 0 radical (unpaired) electrons. The summed E-state index contributed by atoms with van der Waals surface area (Å²) in [5.41, 5.74) is 0.841. The van der Waals surface area contributed by atoms with Gasteiger partial charge in [0, 0.05) is 17.5 Å². The molecule has 2 atom stereocenters. The second-order valence-electron chi connectivity index (χ2n) is 4.80. The van der Waals surface area contributed by atoms with Crippen LogP contribution in [-0.2, 0) is 4.57 Å². The van der Waals surface area contributed by atoms with E-state index in [1.807, 2.05) is 0 Å². The molecule has 0 N–H and O–H groups in total. The highest BCUT2D eigenvalue weighted by atomic mass is 31.2. The summed E-state index contributed by atoms with van der Waals surface area (Å²) in [6, 6.07) is 0. The quantitative estimate of drug-likeness (QED) is 0.418. The molecule has 0 aliphatic rings. The number of hydrogen-bond acceptors (Lipinski definition) is 1. The zero-order valence-corrected chi connectivity index (χ0v) is 12.1. The van der Waals surface area contributed by atoms with Gasteiger partial charge in [-0.2, -0.15) is 0 Å². The average molecular weight is 232 g/mol. The first-order valence-electron chi connectivity index (χ1n) is 6.61. The molecule has 0 aromatic carbocycles. The molecule has 0 bridgehead atoms. The van der Waals surface area contributed by atoms with E-state index in [9.17, 15) is 4.57 Å². The van der Waals surface area contributed by atoms with Gasteiger partial charge in [-0.3, -0.25) is 0 Å². The summed E-state index contributed by atoms with van der Waals surface area (Å²) in [4.78, 5) is 0. The van der Waals surface area contributed by atoms with Gasteiger partial charge >= 0.3 is 0 Å². The molecule has 0 saturated carbocycles. The van der Waals surface area contributed by atoms with Crippen LogP contribution >= 0.6 is 7.14 Å². The molecular weight excluding hydrogens is 203 g/mol. The Hall–Kier alpha value is 0.230. The van der Waals surface area contributed by atoms with Gasteiger partial charge < -0.3 is 4.57 Å². The van der Waals surface area contributed by atoms with E-state index in [0.29, 0.717) is 11.3 Å². The molecule has 0 spiro atoms. The van der Waals surface area contributed by atoms with Crippen LogP contribution in [0.25, 0.3) is 0 Å². The monoisotopic (exact) mass is 232 g/mol. The van der Waals surface area contributed by atoms with E-state index in [4.69, 9.17) is 0 Å². The first kappa shape index (κ1) is 15.2. The molecule has 0 fully saturated rings. The molecule has 2 heteroatoms. The third-order valence-electron chi connectivity index (χ3n) is 3.78. The van der Waals surface area contributed by atoms with Crippen molar-refractivity contribution in [2.75, 3.05) is 6.16 Å². The van der Waals surface area contributed by atoms with E-state index >= 15 is 0 Å². The maximum atomic E-state index is 13.0. The molecule has 0 aromatic rings. The highest BCUT2D eigenvalue weighted by molar-refractivity contribution is 7.65. The van der Waals surface area contributed by atoms with Crippen LogP contribution in [0.3, 0.4) is 0 Å². The lowest BCUT2D eigenvalue weighted by molar-refractivity contribution is 0.548. The second-order valence-corrected chi connectivity index (χ2v) is 8.72. The fraction of sp³-hybridized carbons (Fsp3) is 1.00. The average Bonchev–Trinajstić information content (AvgIpc) is 2.26. The first-order valence-corrected chi connectivity index (χ1v) is 8.64. The fourth-order valence-electron chi connectivity index (χ4n) is 2.10. The topological polar surface area (TPSA) is 17.1 Å². The summed E-state index contributed by atoms with van der Waals surface area (Å²) in [7, 11) is -1.93. The van der Waals surface area contributed by atoms with Crippen LogP contribution in [0.4, 0.5) is 0 Å². The third kappa shape index (κ3) is 4.31. The zero-order valence-electron chi connectivity index (χ0n) is 11.3. The van der Waals surface area contributed by atoms with E-state index in [0.717, 1.165) is 25.4 Å². The van der Waals surface area contributed by atoms with Crippen LogP contribution in [-0.4, -0.2) is 17.5 Å². The molecule has 0 rings (SSSR count). The van der Waals surface area contributed by atoms with E-state index < -0.39 is 7.14 Å². The maximum absolute atomic E-state index is 13.0. The lowest BCUT2D eigenvalue weighted by Gasteiger charge is -2.29. The maximum Gasteiger partial charge on any atom is 0.0930 e. The summed E-state index contributed by atoms with van der Waals surface area (Å²) in [6.07, 6.45) is 6.71. The third-order valence-corrected chi connectivity index (χ3v) is 8.51. The minimum absolute atomic E-state index is 0.421. The Labute approximate surface area is 96.4 Å². The minimum atomic E-state index is -1.93. The number of hydrogen-bond donors (Lipinski definition) is 0. The summed E-state index contributed by atoms with van der Waals surface area (Å²) in [5.74, 6) is 0. The smallest absolute Gasteiger partial charge is 0.0930 e. The predicted octanol–water partition coefficient (Wildman–Crippen LogP) is 5.14. The van der Waals surface area contributed by atoms with Gasteiger partial charge in [0.25, 0.3) is 0 Å². The normalized spacial score (nSPS) is 19.5. The van der Waals surface area contributed by atoms with Crippen molar-refractivity contribution in [3.05, 3.63) is 0 Å². The van der Waals surface area contributed by atoms with Crippen molar-refractivity contribution in [3.8, 4) is 0 Å². The standard InChI is InChI=1S/C13H29OP/c1-6-9-10-11-15(14,12(4)7-2)13(5)8-3/h12-13H,6-11H2,1-5H3. The van der Waals surface area contributed by atoms with Crippen molar-refractivity contribution in [2.45, 2.75) is 78.0 Å². The number of unbranched alkanes of at least 4 members (excludes halogenated alkanes) is 2. The Morgan fingerprint density at radius 1 is 0.933 bits per heavy atom. The Morgan fingerprint density at radius 2 is 1.40 bits per heavy atom. The highest BCUT2D eigenvalue weighted by Gasteiger charge is 2.32. The van der Waals surface area contributed by atoms with Gasteiger partial charge in [-0.1, -0.05) is 47.5 Å². The molecule has 1 nitrogen and oxygen atoms in total. The molecule has 0 saturated heterocycles. The summed E-state index contributed by atoms with van der Waals surface area (Å²) in [6.45, 7) is 10.9. The van der Waals surface area contributed by atoms with Gasteiger partial charge in [-0.25, -0.2) is 0 Å². The molecule has 0 aliphatic heterocycles. The predicted molar refractivity (Wildman–Crippen MR) is 71.5 cm³/mol.